The number of amides is 1. The van der Waals surface area contributed by atoms with Crippen LogP contribution in [-0.4, -0.2) is 45.1 Å². The number of carbonyl (C=O) groups excluding carboxylic acids is 1. The molecule has 4 rings (SSSR count). The van der Waals surface area contributed by atoms with Crippen molar-refractivity contribution in [3.8, 4) is 29.0 Å². The Balaban J connectivity index is 0.000000251. The van der Waals surface area contributed by atoms with Gasteiger partial charge in [0.1, 0.15) is 18.2 Å². The molecule has 2 aromatic heterocycles. The van der Waals surface area contributed by atoms with Crippen LogP contribution in [0.4, 0.5) is 23.2 Å². The first-order chi connectivity index (χ1) is 21.4. The zero-order valence-electron chi connectivity index (χ0n) is 25.0. The number of hydrogen-bond acceptors (Lipinski definition) is 9. The second-order valence-corrected chi connectivity index (χ2v) is 12.3. The fourth-order valence-electron chi connectivity index (χ4n) is 3.55. The number of alkyl halides is 3. The maximum Gasteiger partial charge on any atom is 0.445 e. The molecule has 0 saturated heterocycles. The topological polar surface area (TPSA) is 113 Å². The summed E-state index contributed by atoms with van der Waals surface area (Å²) in [5.74, 6) is 1.36. The van der Waals surface area contributed by atoms with Crippen LogP contribution in [-0.2, 0) is 16.4 Å². The fourth-order valence-corrected chi connectivity index (χ4v) is 4.63. The van der Waals surface area contributed by atoms with E-state index in [0.29, 0.717) is 23.0 Å². The quantitative estimate of drug-likeness (QED) is 0.143. The number of ether oxygens (including phenoxy) is 2. The molecule has 0 aliphatic carbocycles. The number of aromatic nitrogens is 4. The molecule has 0 unspecified atom stereocenters. The summed E-state index contributed by atoms with van der Waals surface area (Å²) in [6.45, 7) is 8.67. The molecule has 0 radical (unpaired) electrons. The first kappa shape index (κ1) is 36.3. The molecule has 4 aromatic rings. The van der Waals surface area contributed by atoms with Gasteiger partial charge in [-0.15, -0.1) is 16.6 Å². The van der Waals surface area contributed by atoms with Crippen molar-refractivity contribution in [2.24, 2.45) is 0 Å². The van der Waals surface area contributed by atoms with E-state index in [1.54, 1.807) is 13.8 Å². The first-order valence-corrected chi connectivity index (χ1v) is 14.8. The second-order valence-electron chi connectivity index (χ2n) is 10.6. The molecule has 0 bridgehead atoms. The predicted octanol–water partition coefficient (Wildman–Crippen LogP) is 6.96. The summed E-state index contributed by atoms with van der Waals surface area (Å²) in [7, 11) is 0. The van der Waals surface area contributed by atoms with Crippen LogP contribution in [0.5, 0.6) is 10.9 Å². The van der Waals surface area contributed by atoms with Crippen molar-refractivity contribution < 1.29 is 36.2 Å². The molecule has 10 nitrogen and oxygen atoms in total. The monoisotopic (exact) mass is 703 g/mol. The molecule has 246 valence electrons. The van der Waals surface area contributed by atoms with Crippen molar-refractivity contribution in [2.45, 2.75) is 52.3 Å². The standard InChI is InChI=1S/C15H14Cl2N2O3.C14H13F4N3O2S/c1-5-6-21-12-8-11(9(16)7-10(12)17)19-14(20)22-13(18-19)15(2,3)4;1-8(2)21(10-5-3-9(15)4-6-10)11(22)7-23-13-20-19-12(24-13)14(16,17)18/h1,7-8H,6H2,2-4H3;3-6,8H,7H2,1-2H3. The Morgan fingerprint density at radius 3 is 2.28 bits per heavy atom. The van der Waals surface area contributed by atoms with Gasteiger partial charge in [0.2, 0.25) is 10.9 Å². The Morgan fingerprint density at radius 2 is 1.76 bits per heavy atom. The van der Waals surface area contributed by atoms with E-state index in [-0.39, 0.29) is 39.2 Å². The molecule has 0 fully saturated rings. The highest BCUT2D eigenvalue weighted by molar-refractivity contribution is 7.13. The highest BCUT2D eigenvalue weighted by atomic mass is 35.5. The van der Waals surface area contributed by atoms with Gasteiger partial charge in [-0.2, -0.15) is 17.9 Å². The first-order valence-electron chi connectivity index (χ1n) is 13.2. The summed E-state index contributed by atoms with van der Waals surface area (Å²) in [5, 5.41) is 9.43. The van der Waals surface area contributed by atoms with Crippen LogP contribution in [0.15, 0.2) is 45.6 Å². The summed E-state index contributed by atoms with van der Waals surface area (Å²) >= 11 is 12.4. The number of halogens is 6. The Hall–Kier alpha value is -4.13. The lowest BCUT2D eigenvalue weighted by molar-refractivity contribution is -0.138. The van der Waals surface area contributed by atoms with Gasteiger partial charge >= 0.3 is 11.9 Å². The molecular weight excluding hydrogens is 677 g/mol. The van der Waals surface area contributed by atoms with Gasteiger partial charge in [-0.05, 0) is 44.2 Å². The molecule has 0 atom stereocenters. The lowest BCUT2D eigenvalue weighted by atomic mass is 9.97. The minimum absolute atomic E-state index is 0.0434. The second kappa shape index (κ2) is 15.0. The van der Waals surface area contributed by atoms with E-state index in [9.17, 15) is 27.2 Å². The molecule has 17 heteroatoms. The zero-order valence-corrected chi connectivity index (χ0v) is 27.3. The molecule has 46 heavy (non-hydrogen) atoms. The third-order valence-electron chi connectivity index (χ3n) is 5.59. The third-order valence-corrected chi connectivity index (χ3v) is 7.07. The van der Waals surface area contributed by atoms with Gasteiger partial charge < -0.3 is 18.8 Å². The fraction of sp³-hybridized carbons (Fsp3) is 0.345. The van der Waals surface area contributed by atoms with Crippen LogP contribution in [0, 0.1) is 18.2 Å². The average Bonchev–Trinajstić information content (AvgIpc) is 3.60. The zero-order chi connectivity index (χ0) is 34.4. The summed E-state index contributed by atoms with van der Waals surface area (Å²) in [5.41, 5.74) is 0.349. The van der Waals surface area contributed by atoms with Crippen LogP contribution < -0.4 is 20.1 Å². The van der Waals surface area contributed by atoms with E-state index in [2.05, 4.69) is 21.2 Å². The van der Waals surface area contributed by atoms with E-state index in [0.717, 1.165) is 4.68 Å². The number of anilines is 1. The molecule has 0 aliphatic rings. The van der Waals surface area contributed by atoms with E-state index < -0.39 is 40.7 Å². The number of nitrogens with zero attached hydrogens (tertiary/aromatic N) is 5. The maximum absolute atomic E-state index is 13.0. The average molecular weight is 705 g/mol. The van der Waals surface area contributed by atoms with Crippen molar-refractivity contribution >= 4 is 46.1 Å². The van der Waals surface area contributed by atoms with Gasteiger partial charge in [0.25, 0.3) is 11.1 Å². The van der Waals surface area contributed by atoms with Crippen molar-refractivity contribution in [3.05, 3.63) is 73.7 Å². The minimum Gasteiger partial charge on any atom is -0.479 e. The molecule has 2 aromatic carbocycles. The molecule has 1 amide bonds. The molecule has 0 saturated carbocycles. The van der Waals surface area contributed by atoms with Gasteiger partial charge in [-0.3, -0.25) is 4.79 Å². The van der Waals surface area contributed by atoms with Crippen molar-refractivity contribution in [1.29, 1.82) is 0 Å². The number of rotatable bonds is 8. The molecule has 2 heterocycles. The maximum atomic E-state index is 13.0. The smallest absolute Gasteiger partial charge is 0.445 e. The van der Waals surface area contributed by atoms with E-state index in [4.69, 9.17) is 43.5 Å². The highest BCUT2D eigenvalue weighted by Gasteiger charge is 2.36. The molecule has 0 spiro atoms. The van der Waals surface area contributed by atoms with Crippen molar-refractivity contribution in [3.63, 3.8) is 0 Å². The summed E-state index contributed by atoms with van der Waals surface area (Å²) in [4.78, 5) is 25.7. The van der Waals surface area contributed by atoms with Crippen molar-refractivity contribution in [2.75, 3.05) is 18.1 Å². The summed E-state index contributed by atoms with van der Waals surface area (Å²) < 4.78 is 66.8. The Bertz CT molecular complexity index is 1760. The SMILES string of the molecule is C#CCOc1cc(-n2nc(C(C)(C)C)oc2=O)c(Cl)cc1Cl.CC(C)N(C(=O)COc1nnc(C(F)(F)F)s1)c1ccc(F)cc1. The molecular formula is C29H27Cl2F4N5O5S. The Morgan fingerprint density at radius 1 is 1.11 bits per heavy atom. The minimum atomic E-state index is -4.61. The number of carbonyl (C=O) groups is 1. The van der Waals surface area contributed by atoms with Gasteiger partial charge in [0, 0.05) is 23.2 Å². The van der Waals surface area contributed by atoms with Crippen LogP contribution in [0.2, 0.25) is 10.0 Å². The summed E-state index contributed by atoms with van der Waals surface area (Å²) in [6, 6.07) is 7.98. The third kappa shape index (κ3) is 9.44. The van der Waals surface area contributed by atoms with Crippen LogP contribution in [0.25, 0.3) is 5.69 Å². The Kier molecular flexibility index (Phi) is 11.8. The van der Waals surface area contributed by atoms with Gasteiger partial charge in [0.05, 0.1) is 15.7 Å². The van der Waals surface area contributed by atoms with Gasteiger partial charge in [0.15, 0.2) is 6.61 Å². The van der Waals surface area contributed by atoms with E-state index >= 15 is 0 Å². The number of benzene rings is 2. The lowest BCUT2D eigenvalue weighted by Gasteiger charge is -2.26. The van der Waals surface area contributed by atoms with Crippen LogP contribution >= 0.6 is 34.5 Å². The number of hydrogen-bond donors (Lipinski definition) is 0. The molecule has 0 N–H and O–H groups in total. The van der Waals surface area contributed by atoms with Crippen LogP contribution in [0.1, 0.15) is 45.5 Å². The Labute approximate surface area is 274 Å². The normalized spacial score (nSPS) is 11.5. The van der Waals surface area contributed by atoms with Gasteiger partial charge in [-0.1, -0.05) is 66.3 Å². The van der Waals surface area contributed by atoms with Crippen molar-refractivity contribution in [1.82, 2.24) is 20.0 Å². The van der Waals surface area contributed by atoms with E-state index in [1.807, 2.05) is 20.8 Å². The molecule has 0 aliphatic heterocycles. The number of terminal acetylenes is 1. The highest BCUT2D eigenvalue weighted by Crippen LogP contribution is 2.34. The summed E-state index contributed by atoms with van der Waals surface area (Å²) in [6.07, 6.45) is 0.544. The predicted molar refractivity (Wildman–Crippen MR) is 165 cm³/mol. The van der Waals surface area contributed by atoms with Crippen LogP contribution in [0.3, 0.4) is 0 Å². The largest absolute Gasteiger partial charge is 0.479 e. The van der Waals surface area contributed by atoms with E-state index in [1.165, 1.54) is 41.3 Å². The van der Waals surface area contributed by atoms with Gasteiger partial charge in [-0.25, -0.2) is 9.18 Å². The lowest BCUT2D eigenvalue weighted by Crippen LogP contribution is -2.40.